The van der Waals surface area contributed by atoms with Gasteiger partial charge in [-0.3, -0.25) is 4.79 Å². The molecule has 1 aliphatic heterocycles. The van der Waals surface area contributed by atoms with Gasteiger partial charge in [0.05, 0.1) is 32.3 Å². The zero-order chi connectivity index (χ0) is 17.6. The average Bonchev–Trinajstić information content (AvgIpc) is 2.63. The van der Waals surface area contributed by atoms with Crippen LogP contribution in [0.25, 0.3) is 0 Å². The van der Waals surface area contributed by atoms with Crippen molar-refractivity contribution in [3.8, 4) is 5.75 Å². The Morgan fingerprint density at radius 3 is 2.28 bits per heavy atom. The van der Waals surface area contributed by atoms with E-state index in [0.29, 0.717) is 0 Å². The summed E-state index contributed by atoms with van der Waals surface area (Å²) in [5.74, 6) is 0.929. The predicted octanol–water partition coefficient (Wildman–Crippen LogP) is 2.01. The molecule has 1 N–H and O–H groups in total. The standard InChI is InChI=1S/C21H26N2O2/c1-17(2)25-20-10-8-19(9-11-20)21(24)23-14-12-22(13-15-23)16-18-6-4-3-5-7-18/h3-11,17H,12-16H2,1-2H3/p+1. The molecule has 1 heterocycles. The normalized spacial score (nSPS) is 15.4. The molecule has 0 bridgehead atoms. The highest BCUT2D eigenvalue weighted by atomic mass is 16.5. The summed E-state index contributed by atoms with van der Waals surface area (Å²) in [4.78, 5) is 16.2. The van der Waals surface area contributed by atoms with Crippen LogP contribution in [-0.2, 0) is 6.54 Å². The summed E-state index contributed by atoms with van der Waals surface area (Å²) in [5, 5.41) is 0. The summed E-state index contributed by atoms with van der Waals surface area (Å²) < 4.78 is 5.64. The minimum absolute atomic E-state index is 0.120. The van der Waals surface area contributed by atoms with Gasteiger partial charge in [0, 0.05) is 11.1 Å². The number of carbonyl (C=O) groups is 1. The third kappa shape index (κ3) is 4.83. The number of carbonyl (C=O) groups excluding carboxylic acids is 1. The molecule has 3 rings (SSSR count). The van der Waals surface area contributed by atoms with Gasteiger partial charge in [-0.2, -0.15) is 0 Å². The Morgan fingerprint density at radius 2 is 1.68 bits per heavy atom. The molecular weight excluding hydrogens is 312 g/mol. The monoisotopic (exact) mass is 339 g/mol. The number of hydrogen-bond donors (Lipinski definition) is 1. The van der Waals surface area contributed by atoms with Gasteiger partial charge >= 0.3 is 0 Å². The maximum absolute atomic E-state index is 12.7. The molecular formula is C21H27N2O2+. The number of ether oxygens (including phenoxy) is 1. The fourth-order valence-corrected chi connectivity index (χ4v) is 3.22. The van der Waals surface area contributed by atoms with Crippen LogP contribution in [-0.4, -0.2) is 43.1 Å². The van der Waals surface area contributed by atoms with E-state index in [2.05, 4.69) is 24.3 Å². The highest BCUT2D eigenvalue weighted by molar-refractivity contribution is 5.94. The van der Waals surface area contributed by atoms with Crippen LogP contribution in [0.4, 0.5) is 0 Å². The van der Waals surface area contributed by atoms with Gasteiger partial charge in [0.1, 0.15) is 12.3 Å². The average molecular weight is 339 g/mol. The van der Waals surface area contributed by atoms with Crippen molar-refractivity contribution >= 4 is 5.91 Å². The third-order valence-electron chi connectivity index (χ3n) is 4.53. The second-order valence-electron chi connectivity index (χ2n) is 6.90. The number of nitrogens with zero attached hydrogens (tertiary/aromatic N) is 1. The Balaban J connectivity index is 1.52. The van der Waals surface area contributed by atoms with Gasteiger partial charge in [0.2, 0.25) is 0 Å². The minimum atomic E-state index is 0.120. The van der Waals surface area contributed by atoms with Gasteiger partial charge in [0.25, 0.3) is 5.91 Å². The Kier molecular flexibility index (Phi) is 5.71. The summed E-state index contributed by atoms with van der Waals surface area (Å²) in [6, 6.07) is 18.0. The van der Waals surface area contributed by atoms with Gasteiger partial charge < -0.3 is 14.5 Å². The number of nitrogens with one attached hydrogen (secondary N) is 1. The van der Waals surface area contributed by atoms with E-state index < -0.39 is 0 Å². The van der Waals surface area contributed by atoms with Crippen LogP contribution in [0.2, 0.25) is 0 Å². The first-order chi connectivity index (χ1) is 12.1. The van der Waals surface area contributed by atoms with E-state index in [9.17, 15) is 4.79 Å². The molecule has 25 heavy (non-hydrogen) atoms. The maximum atomic E-state index is 12.7. The summed E-state index contributed by atoms with van der Waals surface area (Å²) in [6.45, 7) is 8.64. The Hall–Kier alpha value is -2.33. The van der Waals surface area contributed by atoms with Crippen LogP contribution in [0.3, 0.4) is 0 Å². The van der Waals surface area contributed by atoms with Crippen LogP contribution in [0.1, 0.15) is 29.8 Å². The molecule has 0 spiro atoms. The number of benzene rings is 2. The van der Waals surface area contributed by atoms with Gasteiger partial charge in [-0.25, -0.2) is 0 Å². The number of rotatable bonds is 5. The molecule has 4 nitrogen and oxygen atoms in total. The molecule has 4 heteroatoms. The largest absolute Gasteiger partial charge is 0.491 e. The predicted molar refractivity (Wildman–Crippen MR) is 99.0 cm³/mol. The van der Waals surface area contributed by atoms with E-state index in [1.807, 2.05) is 49.1 Å². The first kappa shape index (κ1) is 17.5. The van der Waals surface area contributed by atoms with Gasteiger partial charge in [-0.05, 0) is 38.1 Å². The summed E-state index contributed by atoms with van der Waals surface area (Å²) in [5.41, 5.74) is 2.10. The zero-order valence-corrected chi connectivity index (χ0v) is 15.1. The van der Waals surface area contributed by atoms with E-state index in [-0.39, 0.29) is 12.0 Å². The smallest absolute Gasteiger partial charge is 0.254 e. The van der Waals surface area contributed by atoms with Crippen molar-refractivity contribution < 1.29 is 14.4 Å². The quantitative estimate of drug-likeness (QED) is 0.904. The Bertz CT molecular complexity index is 675. The molecule has 132 valence electrons. The van der Waals surface area contributed by atoms with E-state index in [0.717, 1.165) is 44.0 Å². The Labute approximate surface area is 150 Å². The molecule has 0 saturated carbocycles. The van der Waals surface area contributed by atoms with Crippen LogP contribution in [0.15, 0.2) is 54.6 Å². The van der Waals surface area contributed by atoms with Gasteiger partial charge in [-0.15, -0.1) is 0 Å². The molecule has 0 radical (unpaired) electrons. The Morgan fingerprint density at radius 1 is 1.04 bits per heavy atom. The van der Waals surface area contributed by atoms with Crippen LogP contribution in [0, 0.1) is 0 Å². The van der Waals surface area contributed by atoms with E-state index in [1.165, 1.54) is 10.5 Å². The lowest BCUT2D eigenvalue weighted by Crippen LogP contribution is -3.13. The fraction of sp³-hybridized carbons (Fsp3) is 0.381. The van der Waals surface area contributed by atoms with Gasteiger partial charge in [-0.1, -0.05) is 30.3 Å². The summed E-state index contributed by atoms with van der Waals surface area (Å²) in [6.07, 6.45) is 0.141. The van der Waals surface area contributed by atoms with Crippen LogP contribution < -0.4 is 9.64 Å². The summed E-state index contributed by atoms with van der Waals surface area (Å²) in [7, 11) is 0. The van der Waals surface area contributed by atoms with Crippen molar-refractivity contribution in [3.05, 3.63) is 65.7 Å². The first-order valence-corrected chi connectivity index (χ1v) is 9.05. The molecule has 0 aliphatic carbocycles. The molecule has 1 amide bonds. The maximum Gasteiger partial charge on any atom is 0.254 e. The van der Waals surface area contributed by atoms with E-state index >= 15 is 0 Å². The van der Waals surface area contributed by atoms with Crippen LogP contribution >= 0.6 is 0 Å². The van der Waals surface area contributed by atoms with Crippen molar-refractivity contribution in [1.82, 2.24) is 4.90 Å². The minimum Gasteiger partial charge on any atom is -0.491 e. The molecule has 1 fully saturated rings. The number of hydrogen-bond acceptors (Lipinski definition) is 2. The SMILES string of the molecule is CC(C)Oc1ccc(C(=O)N2CC[NH+](Cc3ccccc3)CC2)cc1. The molecule has 2 aromatic rings. The molecule has 2 aromatic carbocycles. The van der Waals surface area contributed by atoms with Crippen LogP contribution in [0.5, 0.6) is 5.75 Å². The van der Waals surface area contributed by atoms with Crippen molar-refractivity contribution in [3.63, 3.8) is 0 Å². The molecule has 0 aromatic heterocycles. The summed E-state index contributed by atoms with van der Waals surface area (Å²) >= 11 is 0. The van der Waals surface area contributed by atoms with Crippen molar-refractivity contribution in [2.45, 2.75) is 26.5 Å². The number of quaternary nitrogens is 1. The molecule has 0 unspecified atom stereocenters. The molecule has 1 saturated heterocycles. The third-order valence-corrected chi connectivity index (χ3v) is 4.53. The van der Waals surface area contributed by atoms with E-state index in [4.69, 9.17) is 4.74 Å². The van der Waals surface area contributed by atoms with E-state index in [1.54, 1.807) is 0 Å². The number of piperazine rings is 1. The highest BCUT2D eigenvalue weighted by Gasteiger charge is 2.24. The van der Waals surface area contributed by atoms with Crippen molar-refractivity contribution in [1.29, 1.82) is 0 Å². The molecule has 1 aliphatic rings. The molecule has 0 atom stereocenters. The fourth-order valence-electron chi connectivity index (χ4n) is 3.22. The zero-order valence-electron chi connectivity index (χ0n) is 15.1. The lowest BCUT2D eigenvalue weighted by Gasteiger charge is -2.32. The first-order valence-electron chi connectivity index (χ1n) is 9.05. The topological polar surface area (TPSA) is 34.0 Å². The lowest BCUT2D eigenvalue weighted by molar-refractivity contribution is -0.917. The number of amides is 1. The highest BCUT2D eigenvalue weighted by Crippen LogP contribution is 2.15. The lowest BCUT2D eigenvalue weighted by atomic mass is 10.1. The van der Waals surface area contributed by atoms with Crippen molar-refractivity contribution in [2.75, 3.05) is 26.2 Å². The second kappa shape index (κ2) is 8.17. The second-order valence-corrected chi connectivity index (χ2v) is 6.90. The van der Waals surface area contributed by atoms with Crippen molar-refractivity contribution in [2.24, 2.45) is 0 Å². The van der Waals surface area contributed by atoms with Gasteiger partial charge in [0.15, 0.2) is 0 Å².